The van der Waals surface area contributed by atoms with Crippen LogP contribution < -0.4 is 15.8 Å². The number of guanidine groups is 1. The molecule has 1 heterocycles. The number of thioether (sulfide) groups is 1. The van der Waals surface area contributed by atoms with Crippen LogP contribution in [0.15, 0.2) is 59.6 Å². The highest BCUT2D eigenvalue weighted by Crippen LogP contribution is 2.34. The maximum Gasteiger partial charge on any atom is 0.193 e. The first kappa shape index (κ1) is 18.6. The van der Waals surface area contributed by atoms with Crippen molar-refractivity contribution in [2.75, 3.05) is 31.3 Å². The van der Waals surface area contributed by atoms with Gasteiger partial charge in [-0.15, -0.1) is 0 Å². The molecule has 0 atom stereocenters. The van der Waals surface area contributed by atoms with E-state index in [1.165, 1.54) is 0 Å². The second-order valence-corrected chi connectivity index (χ2v) is 7.54. The van der Waals surface area contributed by atoms with E-state index in [1.807, 2.05) is 66.4 Å². The van der Waals surface area contributed by atoms with E-state index >= 15 is 0 Å². The van der Waals surface area contributed by atoms with Crippen LogP contribution in [0.2, 0.25) is 0 Å². The summed E-state index contributed by atoms with van der Waals surface area (Å²) in [7, 11) is 0. The Labute approximate surface area is 159 Å². The molecule has 6 heteroatoms. The third kappa shape index (κ3) is 5.16. The van der Waals surface area contributed by atoms with Gasteiger partial charge in [0.2, 0.25) is 0 Å². The number of nitrogens with one attached hydrogen (secondary N) is 1. The van der Waals surface area contributed by atoms with Crippen molar-refractivity contribution in [3.05, 3.63) is 54.6 Å². The average molecular weight is 372 g/mol. The fraction of sp³-hybridized carbons (Fsp3) is 0.350. The molecule has 1 aliphatic rings. The number of nitrogens with two attached hydrogens (primary N) is 1. The molecule has 26 heavy (non-hydrogen) atoms. The van der Waals surface area contributed by atoms with E-state index in [0.717, 1.165) is 43.2 Å². The zero-order valence-electron chi connectivity index (χ0n) is 15.0. The molecular weight excluding hydrogens is 346 g/mol. The largest absolute Gasteiger partial charge is 0.457 e. The van der Waals surface area contributed by atoms with Crippen molar-refractivity contribution in [3.63, 3.8) is 0 Å². The fourth-order valence-electron chi connectivity index (χ4n) is 2.85. The highest BCUT2D eigenvalue weighted by atomic mass is 32.2. The fourth-order valence-corrected chi connectivity index (χ4v) is 3.62. The van der Waals surface area contributed by atoms with E-state index in [4.69, 9.17) is 15.2 Å². The highest BCUT2D eigenvalue weighted by Gasteiger charge is 2.31. The lowest BCUT2D eigenvalue weighted by molar-refractivity contribution is 0.0794. The van der Waals surface area contributed by atoms with Crippen LogP contribution in [0.3, 0.4) is 0 Å². The van der Waals surface area contributed by atoms with Crippen LogP contribution >= 0.6 is 11.8 Å². The molecule has 1 saturated heterocycles. The first-order chi connectivity index (χ1) is 12.7. The van der Waals surface area contributed by atoms with Crippen LogP contribution in [-0.2, 0) is 4.74 Å². The number of hydrogen-bond acceptors (Lipinski definition) is 4. The summed E-state index contributed by atoms with van der Waals surface area (Å²) < 4.78 is 11.4. The third-order valence-electron chi connectivity index (χ3n) is 4.46. The van der Waals surface area contributed by atoms with Gasteiger partial charge < -0.3 is 20.5 Å². The first-order valence-corrected chi connectivity index (χ1v) is 9.94. The summed E-state index contributed by atoms with van der Waals surface area (Å²) in [4.78, 5) is 4.57. The molecule has 0 aliphatic carbocycles. The minimum absolute atomic E-state index is 0.128. The second kappa shape index (κ2) is 8.96. The Balaban J connectivity index is 1.61. The molecule has 0 amide bonds. The molecule has 0 radical (unpaired) electrons. The van der Waals surface area contributed by atoms with Crippen LogP contribution in [-0.4, -0.2) is 36.7 Å². The molecule has 2 aromatic carbocycles. The molecule has 1 aliphatic heterocycles. The molecule has 0 spiro atoms. The standard InChI is InChI=1S/C20H25N3O2S/c1-26-20(10-12-24-13-11-20)15-22-19(21)23-16-6-5-9-18(14-16)25-17-7-3-2-4-8-17/h2-9,14H,10-13,15H2,1H3,(H3,21,22,23). The molecule has 0 unspecified atom stereocenters. The third-order valence-corrected chi connectivity index (χ3v) is 5.86. The zero-order valence-corrected chi connectivity index (χ0v) is 15.8. The topological polar surface area (TPSA) is 68.9 Å². The molecule has 0 bridgehead atoms. The lowest BCUT2D eigenvalue weighted by atomic mass is 9.99. The van der Waals surface area contributed by atoms with Gasteiger partial charge in [0.15, 0.2) is 5.96 Å². The Morgan fingerprint density at radius 1 is 1.15 bits per heavy atom. The monoisotopic (exact) mass is 371 g/mol. The van der Waals surface area contributed by atoms with E-state index in [2.05, 4.69) is 16.6 Å². The van der Waals surface area contributed by atoms with Crippen molar-refractivity contribution in [3.8, 4) is 11.5 Å². The maximum atomic E-state index is 6.10. The van der Waals surface area contributed by atoms with Crippen molar-refractivity contribution in [2.45, 2.75) is 17.6 Å². The molecule has 5 nitrogen and oxygen atoms in total. The molecule has 1 fully saturated rings. The van der Waals surface area contributed by atoms with Gasteiger partial charge in [-0.05, 0) is 43.4 Å². The SMILES string of the molecule is CSC1(CN=C(N)Nc2cccc(Oc3ccccc3)c2)CCOCC1. The van der Waals surface area contributed by atoms with E-state index in [0.29, 0.717) is 12.5 Å². The van der Waals surface area contributed by atoms with Crippen molar-refractivity contribution < 1.29 is 9.47 Å². The Hall–Kier alpha value is -2.18. The van der Waals surface area contributed by atoms with Crippen LogP contribution in [0, 0.1) is 0 Å². The summed E-state index contributed by atoms with van der Waals surface area (Å²) in [5, 5.41) is 3.16. The number of aliphatic imine (C=N–C) groups is 1. The van der Waals surface area contributed by atoms with Gasteiger partial charge in [-0.3, -0.25) is 4.99 Å². The van der Waals surface area contributed by atoms with E-state index in [-0.39, 0.29) is 4.75 Å². The summed E-state index contributed by atoms with van der Waals surface area (Å²) in [6.07, 6.45) is 4.14. The lowest BCUT2D eigenvalue weighted by Gasteiger charge is -2.34. The van der Waals surface area contributed by atoms with E-state index < -0.39 is 0 Å². The summed E-state index contributed by atoms with van der Waals surface area (Å²) >= 11 is 1.85. The van der Waals surface area contributed by atoms with Crippen molar-refractivity contribution in [1.82, 2.24) is 0 Å². The van der Waals surface area contributed by atoms with Gasteiger partial charge in [-0.2, -0.15) is 11.8 Å². The number of rotatable bonds is 6. The average Bonchev–Trinajstić information content (AvgIpc) is 2.68. The second-order valence-electron chi connectivity index (χ2n) is 6.27. The van der Waals surface area contributed by atoms with Gasteiger partial charge >= 0.3 is 0 Å². The number of ether oxygens (including phenoxy) is 2. The minimum atomic E-state index is 0.128. The number of benzene rings is 2. The normalized spacial score (nSPS) is 16.9. The number of anilines is 1. The van der Waals surface area contributed by atoms with Gasteiger partial charge in [0, 0.05) is 29.7 Å². The lowest BCUT2D eigenvalue weighted by Crippen LogP contribution is -2.37. The quantitative estimate of drug-likeness (QED) is 0.590. The molecule has 138 valence electrons. The Bertz CT molecular complexity index is 731. The van der Waals surface area contributed by atoms with Gasteiger partial charge in [0.1, 0.15) is 11.5 Å². The minimum Gasteiger partial charge on any atom is -0.457 e. The number of nitrogens with zero attached hydrogens (tertiary/aromatic N) is 1. The van der Waals surface area contributed by atoms with Gasteiger partial charge in [-0.1, -0.05) is 24.3 Å². The predicted molar refractivity (Wildman–Crippen MR) is 109 cm³/mol. The maximum absolute atomic E-state index is 6.10. The summed E-state index contributed by atoms with van der Waals surface area (Å²) in [5.41, 5.74) is 6.95. The Morgan fingerprint density at radius 3 is 2.62 bits per heavy atom. The molecular formula is C20H25N3O2S. The molecule has 0 aromatic heterocycles. The van der Waals surface area contributed by atoms with Gasteiger partial charge in [0.25, 0.3) is 0 Å². The van der Waals surface area contributed by atoms with Crippen LogP contribution in [0.5, 0.6) is 11.5 Å². The first-order valence-electron chi connectivity index (χ1n) is 8.72. The summed E-state index contributed by atoms with van der Waals surface area (Å²) in [6, 6.07) is 17.4. The molecule has 0 saturated carbocycles. The van der Waals surface area contributed by atoms with E-state index in [9.17, 15) is 0 Å². The van der Waals surface area contributed by atoms with Crippen LogP contribution in [0.1, 0.15) is 12.8 Å². The molecule has 3 N–H and O–H groups in total. The van der Waals surface area contributed by atoms with Crippen LogP contribution in [0.4, 0.5) is 5.69 Å². The highest BCUT2D eigenvalue weighted by molar-refractivity contribution is 8.00. The van der Waals surface area contributed by atoms with Gasteiger partial charge in [-0.25, -0.2) is 0 Å². The predicted octanol–water partition coefficient (Wildman–Crippen LogP) is 4.12. The van der Waals surface area contributed by atoms with Crippen molar-refractivity contribution in [1.29, 1.82) is 0 Å². The molecule has 2 aromatic rings. The van der Waals surface area contributed by atoms with Crippen molar-refractivity contribution in [2.24, 2.45) is 10.7 Å². The van der Waals surface area contributed by atoms with E-state index in [1.54, 1.807) is 0 Å². The smallest absolute Gasteiger partial charge is 0.193 e. The Kier molecular flexibility index (Phi) is 6.41. The van der Waals surface area contributed by atoms with Crippen LogP contribution in [0.25, 0.3) is 0 Å². The summed E-state index contributed by atoms with van der Waals surface area (Å²) in [5.74, 6) is 1.97. The molecule has 3 rings (SSSR count). The van der Waals surface area contributed by atoms with Gasteiger partial charge in [0.05, 0.1) is 6.54 Å². The Morgan fingerprint density at radius 2 is 1.88 bits per heavy atom. The number of hydrogen-bond donors (Lipinski definition) is 2. The van der Waals surface area contributed by atoms with Crippen molar-refractivity contribution >= 4 is 23.4 Å². The summed E-state index contributed by atoms with van der Waals surface area (Å²) in [6.45, 7) is 2.28. The number of para-hydroxylation sites is 1. The zero-order chi connectivity index (χ0) is 18.2.